The fraction of sp³-hybridized carbons (Fsp3) is 1.00. The Labute approximate surface area is 270 Å². The lowest BCUT2D eigenvalue weighted by Crippen LogP contribution is -2.55. The minimum atomic E-state index is -3.19. The SMILES string of the molecule is CCCC[SiH](C)O.CO[Si](CC[SiH](C)O[Si](C)(CC[Si](OC)(OC)OC)O[Si](C)(O)CC[Si](OC)(OC)OC)(OC)OC. The Balaban J connectivity index is 0. The van der Waals surface area contributed by atoms with Gasteiger partial charge < -0.3 is 57.7 Å². The fourth-order valence-electron chi connectivity index (χ4n) is 4.45. The fourth-order valence-corrected chi connectivity index (χ4v) is 27.5. The van der Waals surface area contributed by atoms with Gasteiger partial charge >= 0.3 is 43.5 Å². The van der Waals surface area contributed by atoms with Crippen LogP contribution in [-0.4, -0.2) is 135 Å². The molecule has 4 atom stereocenters. The molecule has 0 saturated carbocycles. The topological polar surface area (TPSA) is 142 Å². The molecule has 20 heteroatoms. The van der Waals surface area contributed by atoms with Crippen molar-refractivity contribution in [2.75, 3.05) is 64.0 Å². The van der Waals surface area contributed by atoms with E-state index in [1.54, 1.807) is 70.5 Å². The average Bonchev–Trinajstić information content (AvgIpc) is 2.99. The molecule has 0 rings (SSSR count). The summed E-state index contributed by atoms with van der Waals surface area (Å²) in [6, 6.07) is 4.36. The van der Waals surface area contributed by atoms with Crippen molar-refractivity contribution in [1.82, 2.24) is 0 Å². The molecule has 262 valence electrons. The second kappa shape index (κ2) is 23.3. The van der Waals surface area contributed by atoms with Crippen LogP contribution in [0.15, 0.2) is 0 Å². The van der Waals surface area contributed by atoms with E-state index in [1.807, 2.05) is 13.1 Å². The summed E-state index contributed by atoms with van der Waals surface area (Å²) in [4.78, 5) is 20.2. The Morgan fingerprint density at radius 1 is 0.558 bits per heavy atom. The van der Waals surface area contributed by atoms with Gasteiger partial charge in [-0.05, 0) is 50.4 Å². The van der Waals surface area contributed by atoms with Crippen LogP contribution in [0.5, 0.6) is 0 Å². The summed E-state index contributed by atoms with van der Waals surface area (Å²) in [6.45, 7) is 9.98. The first kappa shape index (κ1) is 46.1. The van der Waals surface area contributed by atoms with Crippen LogP contribution in [0.4, 0.5) is 0 Å². The molecule has 0 heterocycles. The quantitative estimate of drug-likeness (QED) is 0.132. The van der Waals surface area contributed by atoms with Crippen LogP contribution in [0, 0.1) is 0 Å². The first-order valence-electron chi connectivity index (χ1n) is 14.8. The van der Waals surface area contributed by atoms with E-state index in [1.165, 1.54) is 12.8 Å². The van der Waals surface area contributed by atoms with Crippen molar-refractivity contribution >= 4 is 61.6 Å². The average molecular weight is 745 g/mol. The molecule has 0 aliphatic rings. The lowest BCUT2D eigenvalue weighted by Gasteiger charge is -2.38. The Bertz CT molecular complexity index is 663. The third-order valence-corrected chi connectivity index (χ3v) is 28.9. The van der Waals surface area contributed by atoms with Crippen molar-refractivity contribution in [2.45, 2.75) is 88.3 Å². The van der Waals surface area contributed by atoms with Crippen molar-refractivity contribution in [2.24, 2.45) is 0 Å². The van der Waals surface area contributed by atoms with Crippen molar-refractivity contribution in [1.29, 1.82) is 0 Å². The molecule has 0 aromatic heterocycles. The van der Waals surface area contributed by atoms with E-state index in [4.69, 9.17) is 52.9 Å². The summed E-state index contributed by atoms with van der Waals surface area (Å²) in [6.07, 6.45) is 2.43. The minimum absolute atomic E-state index is 0.380. The van der Waals surface area contributed by atoms with Gasteiger partial charge in [-0.3, -0.25) is 0 Å². The number of hydrogen-bond acceptors (Lipinski definition) is 13. The zero-order chi connectivity index (χ0) is 33.8. The molecule has 13 nitrogen and oxygen atoms in total. The Morgan fingerprint density at radius 3 is 1.26 bits per heavy atom. The maximum Gasteiger partial charge on any atom is 0.500 e. The second-order valence-electron chi connectivity index (χ2n) is 10.8. The summed E-state index contributed by atoms with van der Waals surface area (Å²) in [7, 11) is -3.29. The van der Waals surface area contributed by atoms with E-state index in [9.17, 15) is 4.80 Å². The molecule has 0 fully saturated rings. The molecule has 0 aliphatic heterocycles. The molecule has 2 N–H and O–H groups in total. The van der Waals surface area contributed by atoms with Crippen molar-refractivity contribution in [3.63, 3.8) is 0 Å². The zero-order valence-corrected chi connectivity index (χ0v) is 36.7. The highest BCUT2D eigenvalue weighted by atomic mass is 28.5. The van der Waals surface area contributed by atoms with E-state index < -0.39 is 61.6 Å². The molecule has 0 aliphatic carbocycles. The summed E-state index contributed by atoms with van der Waals surface area (Å²) < 4.78 is 63.3. The normalized spacial score (nSPS) is 17.0. The molecule has 43 heavy (non-hydrogen) atoms. The van der Waals surface area contributed by atoms with Gasteiger partial charge in [0.15, 0.2) is 18.1 Å². The molecule has 0 radical (unpaired) electrons. The third kappa shape index (κ3) is 18.2. The highest BCUT2D eigenvalue weighted by Crippen LogP contribution is 2.31. The molecule has 0 spiro atoms. The Hall–Kier alpha value is 0.998. The van der Waals surface area contributed by atoms with E-state index >= 15 is 0 Å². The first-order chi connectivity index (χ1) is 20.0. The van der Waals surface area contributed by atoms with Gasteiger partial charge in [-0.15, -0.1) is 0 Å². The van der Waals surface area contributed by atoms with Crippen LogP contribution in [0.1, 0.15) is 19.8 Å². The monoisotopic (exact) mass is 744 g/mol. The molecule has 0 aromatic rings. The highest BCUT2D eigenvalue weighted by Gasteiger charge is 2.49. The molecule has 0 aromatic carbocycles. The van der Waals surface area contributed by atoms with Crippen LogP contribution in [0.25, 0.3) is 0 Å². The van der Waals surface area contributed by atoms with Gasteiger partial charge in [0.1, 0.15) is 0 Å². The number of unbranched alkanes of at least 4 members (excludes halogenated alkanes) is 1. The smallest absolute Gasteiger partial charge is 0.439 e. The van der Waals surface area contributed by atoms with Gasteiger partial charge in [-0.1, -0.05) is 19.8 Å². The number of hydrogen-bond donors (Lipinski definition) is 2. The van der Waals surface area contributed by atoms with Crippen LogP contribution < -0.4 is 0 Å². The Kier molecular flexibility index (Phi) is 25.0. The standard InChI is InChI=1S/C18H50O12Si6.C5H14OSi/c1-20-34(21-2,22-3)14-13-31(10)29-33(12,16-18-36(26-7,27-8)28-9)30-32(11,19)15-17-35(23-4,24-5)25-6;1-3-4-5-7(2)6/h19,31H,13-18H2,1-12H3;6-7H,3-5H2,1-2H3. The molecule has 0 saturated heterocycles. The van der Waals surface area contributed by atoms with Gasteiger partial charge in [0.05, 0.1) is 0 Å². The van der Waals surface area contributed by atoms with Gasteiger partial charge in [0.2, 0.25) is 0 Å². The van der Waals surface area contributed by atoms with Crippen LogP contribution in [0.3, 0.4) is 0 Å². The van der Waals surface area contributed by atoms with Crippen molar-refractivity contribution in [3.8, 4) is 0 Å². The van der Waals surface area contributed by atoms with Gasteiger partial charge in [-0.25, -0.2) is 0 Å². The predicted molar refractivity (Wildman–Crippen MR) is 185 cm³/mol. The van der Waals surface area contributed by atoms with Crippen molar-refractivity contribution < 1.29 is 57.7 Å². The molecule has 4 unspecified atom stereocenters. The maximum absolute atomic E-state index is 11.4. The van der Waals surface area contributed by atoms with Gasteiger partial charge in [0, 0.05) is 82.1 Å². The Morgan fingerprint density at radius 2 is 0.930 bits per heavy atom. The second-order valence-corrected chi connectivity index (χ2v) is 31.9. The summed E-state index contributed by atoms with van der Waals surface area (Å²) >= 11 is 0. The minimum Gasteiger partial charge on any atom is -0.439 e. The molecular weight excluding hydrogens is 681 g/mol. The van der Waals surface area contributed by atoms with E-state index in [0.717, 1.165) is 12.1 Å². The van der Waals surface area contributed by atoms with E-state index in [0.29, 0.717) is 30.2 Å². The lowest BCUT2D eigenvalue weighted by atomic mass is 10.4. The van der Waals surface area contributed by atoms with Gasteiger partial charge in [0.25, 0.3) is 0 Å². The number of rotatable bonds is 25. The van der Waals surface area contributed by atoms with Crippen molar-refractivity contribution in [3.05, 3.63) is 0 Å². The molecule has 0 amide bonds. The van der Waals surface area contributed by atoms with E-state index in [-0.39, 0.29) is 0 Å². The maximum atomic E-state index is 11.4. The van der Waals surface area contributed by atoms with Crippen LogP contribution in [-0.2, 0) is 48.1 Å². The largest absolute Gasteiger partial charge is 0.500 e. The van der Waals surface area contributed by atoms with Gasteiger partial charge in [-0.2, -0.15) is 0 Å². The zero-order valence-electron chi connectivity index (χ0n) is 29.4. The van der Waals surface area contributed by atoms with E-state index in [2.05, 4.69) is 13.5 Å². The highest BCUT2D eigenvalue weighted by molar-refractivity contribution is 6.84. The van der Waals surface area contributed by atoms with Crippen LogP contribution in [0.2, 0.25) is 68.5 Å². The first-order valence-corrected chi connectivity index (χ1v) is 30.6. The molecular formula is C23H64O13Si7. The van der Waals surface area contributed by atoms with Crippen LogP contribution >= 0.6 is 0 Å². The lowest BCUT2D eigenvalue weighted by molar-refractivity contribution is 0.124. The molecule has 0 bridgehead atoms. The summed E-state index contributed by atoms with van der Waals surface area (Å²) in [5, 5.41) is 0. The summed E-state index contributed by atoms with van der Waals surface area (Å²) in [5.41, 5.74) is 0. The predicted octanol–water partition coefficient (Wildman–Crippen LogP) is 3.28. The third-order valence-electron chi connectivity index (χ3n) is 7.30. The summed E-state index contributed by atoms with van der Waals surface area (Å²) in [5.74, 6) is 0.